The van der Waals surface area contributed by atoms with Crippen LogP contribution >= 0.6 is 0 Å². The van der Waals surface area contributed by atoms with Gasteiger partial charge in [-0.15, -0.1) is 0 Å². The fraction of sp³-hybridized carbons (Fsp3) is 0.696. The summed E-state index contributed by atoms with van der Waals surface area (Å²) in [5.41, 5.74) is 13.2. The molecule has 0 saturated carbocycles. The molecular weight excluding hydrogens is 1300 g/mol. The number of likely N-dealkylation sites (tertiary alicyclic amines) is 2. The Labute approximate surface area is 585 Å². The van der Waals surface area contributed by atoms with Gasteiger partial charge in [0.05, 0.1) is 12.2 Å². The monoisotopic (exact) mass is 1410 g/mol. The number of benzene rings is 1. The number of rotatable bonds is 41. The number of aromatic nitrogens is 1. The molecule has 560 valence electrons. The Hall–Kier alpha value is -8.29. The van der Waals surface area contributed by atoms with Crippen LogP contribution in [0.1, 0.15) is 172 Å². The number of amides is 11. The van der Waals surface area contributed by atoms with Gasteiger partial charge in [0, 0.05) is 43.0 Å². The Morgan fingerprint density at radius 3 is 1.36 bits per heavy atom. The number of fused-ring (bicyclic) bond motifs is 1. The van der Waals surface area contributed by atoms with Crippen molar-refractivity contribution in [2.45, 2.75) is 258 Å². The maximum atomic E-state index is 14.6. The van der Waals surface area contributed by atoms with Gasteiger partial charge in [0.25, 0.3) is 0 Å². The quantitative estimate of drug-likeness (QED) is 0.0392. The lowest BCUT2D eigenvalue weighted by Gasteiger charge is -2.32. The Morgan fingerprint density at radius 1 is 0.500 bits per heavy atom. The van der Waals surface area contributed by atoms with Crippen LogP contribution in [0.5, 0.6) is 0 Å². The number of unbranched alkanes of at least 4 members (excludes halogenated alkanes) is 1. The topological polar surface area (TPSA) is 485 Å². The Morgan fingerprint density at radius 2 is 0.920 bits per heavy atom. The summed E-state index contributed by atoms with van der Waals surface area (Å²) in [5, 5.41) is 65.8. The van der Waals surface area contributed by atoms with Crippen molar-refractivity contribution < 1.29 is 82.8 Å². The number of hydrogen-bond donors (Lipinski definition) is 16. The van der Waals surface area contributed by atoms with Gasteiger partial charge >= 0.3 is 11.9 Å². The second-order valence-electron chi connectivity index (χ2n) is 28.7. The van der Waals surface area contributed by atoms with Crippen molar-refractivity contribution in [2.75, 3.05) is 19.6 Å². The number of carboxylic acids is 2. The summed E-state index contributed by atoms with van der Waals surface area (Å²) in [7, 11) is 0. The molecule has 11 amide bonds. The first kappa shape index (κ1) is 84.1. The van der Waals surface area contributed by atoms with E-state index in [1.807, 2.05) is 65.8 Å². The molecule has 3 heterocycles. The van der Waals surface area contributed by atoms with Crippen LogP contribution in [0.4, 0.5) is 0 Å². The third-order valence-corrected chi connectivity index (χ3v) is 17.7. The van der Waals surface area contributed by atoms with Crippen LogP contribution in [0.2, 0.25) is 0 Å². The van der Waals surface area contributed by atoms with Crippen molar-refractivity contribution in [1.29, 1.82) is 0 Å². The highest BCUT2D eigenvalue weighted by Crippen LogP contribution is 2.24. The third-order valence-electron chi connectivity index (χ3n) is 17.7. The van der Waals surface area contributed by atoms with Gasteiger partial charge < -0.3 is 94.5 Å². The smallest absolute Gasteiger partial charge is 0.326 e. The molecule has 2 fully saturated rings. The second-order valence-corrected chi connectivity index (χ2v) is 28.7. The van der Waals surface area contributed by atoms with Crippen LogP contribution in [-0.2, 0) is 68.7 Å². The molecule has 0 aliphatic carbocycles. The number of H-pyrrole nitrogens is 1. The molecule has 0 bridgehead atoms. The second kappa shape index (κ2) is 40.2. The Balaban J connectivity index is 1.52. The lowest BCUT2D eigenvalue weighted by molar-refractivity contribution is -0.145. The number of aliphatic hydroxyl groups is 2. The number of nitrogens with zero attached hydrogens (tertiary/aromatic N) is 2. The zero-order chi connectivity index (χ0) is 75.0. The SMILES string of the molecule is CC(C)C[C@H](NC(=O)[C@H](CC(C)C)NC(=O)[C@H](CC(C)C)NC(=O)[C@H](CCCCN)NC(=O)[C@@H]1CCCN1C(=O)[C@@H](NC(=O)[C@H](CCC(=O)O)NC(=O)[C@H](CC(C)C)NC(=O)[C@@H](NC(=O)[C@@H]1CCCN1C(=O)[C@@H](N)[C@@H](C)O)C(C)C)[C@@H](C)O)C(=O)N[C@@H](Cc1c[nH]c2ccccc12)C(=O)O. The molecule has 31 nitrogen and oxygen atoms in total. The number of aliphatic carboxylic acids is 2. The average molecular weight is 1410 g/mol. The number of carboxylic acid groups (broad SMARTS) is 2. The number of carbonyl (C=O) groups is 13. The van der Waals surface area contributed by atoms with E-state index in [1.165, 1.54) is 18.7 Å². The van der Waals surface area contributed by atoms with Crippen molar-refractivity contribution >= 4 is 87.8 Å². The van der Waals surface area contributed by atoms with Crippen molar-refractivity contribution in [1.82, 2.24) is 62.6 Å². The number of nitrogens with two attached hydrogens (primary N) is 2. The summed E-state index contributed by atoms with van der Waals surface area (Å²) in [5.74, 6) is -12.9. The van der Waals surface area contributed by atoms with E-state index in [0.29, 0.717) is 24.8 Å². The Bertz CT molecular complexity index is 3140. The maximum Gasteiger partial charge on any atom is 0.326 e. The molecule has 0 unspecified atom stereocenters. The van der Waals surface area contributed by atoms with E-state index < -0.39 is 180 Å². The van der Waals surface area contributed by atoms with Crippen LogP contribution in [0.15, 0.2) is 30.5 Å². The summed E-state index contributed by atoms with van der Waals surface area (Å²) in [6.45, 7) is 20.6. The highest BCUT2D eigenvalue weighted by molar-refractivity contribution is 6.00. The first-order valence-corrected chi connectivity index (χ1v) is 35.1. The first-order chi connectivity index (χ1) is 46.9. The molecule has 100 heavy (non-hydrogen) atoms. The summed E-state index contributed by atoms with van der Waals surface area (Å²) in [6.07, 6.45) is -0.390. The van der Waals surface area contributed by atoms with E-state index in [0.717, 1.165) is 15.8 Å². The maximum absolute atomic E-state index is 14.6. The van der Waals surface area contributed by atoms with Crippen molar-refractivity contribution in [3.8, 4) is 0 Å². The zero-order valence-electron chi connectivity index (χ0n) is 60.0. The summed E-state index contributed by atoms with van der Waals surface area (Å²) in [6, 6.07) is -8.77. The van der Waals surface area contributed by atoms with Crippen LogP contribution in [0, 0.1) is 29.6 Å². The molecule has 31 heteroatoms. The molecule has 2 saturated heterocycles. The molecule has 0 radical (unpaired) electrons. The van der Waals surface area contributed by atoms with Gasteiger partial charge in [-0.05, 0) is 139 Å². The van der Waals surface area contributed by atoms with E-state index in [9.17, 15) is 82.8 Å². The van der Waals surface area contributed by atoms with Crippen LogP contribution < -0.4 is 59.3 Å². The minimum absolute atomic E-state index is 0.0136. The highest BCUT2D eigenvalue weighted by atomic mass is 16.4. The van der Waals surface area contributed by atoms with E-state index in [2.05, 4.69) is 52.8 Å². The fourth-order valence-electron chi connectivity index (χ4n) is 12.3. The molecular formula is C69H112N14O17. The number of aliphatic hydroxyl groups excluding tert-OH is 2. The first-order valence-electron chi connectivity index (χ1n) is 35.1. The number of aromatic amines is 1. The predicted octanol–water partition coefficient (Wildman–Crippen LogP) is 0.0633. The molecule has 2 aromatic rings. The van der Waals surface area contributed by atoms with Gasteiger partial charge in [-0.2, -0.15) is 0 Å². The molecule has 1 aromatic heterocycles. The van der Waals surface area contributed by atoms with Crippen molar-refractivity contribution in [3.63, 3.8) is 0 Å². The predicted molar refractivity (Wildman–Crippen MR) is 370 cm³/mol. The van der Waals surface area contributed by atoms with Gasteiger partial charge in [0.15, 0.2) is 0 Å². The van der Waals surface area contributed by atoms with Gasteiger partial charge in [-0.1, -0.05) is 87.4 Å². The number of hydrogen-bond acceptors (Lipinski definition) is 17. The lowest BCUT2D eigenvalue weighted by atomic mass is 9.98. The largest absolute Gasteiger partial charge is 0.481 e. The van der Waals surface area contributed by atoms with Crippen LogP contribution in [-0.4, -0.2) is 216 Å². The third kappa shape index (κ3) is 25.7. The summed E-state index contributed by atoms with van der Waals surface area (Å²) >= 11 is 0. The summed E-state index contributed by atoms with van der Waals surface area (Å²) < 4.78 is 0. The highest BCUT2D eigenvalue weighted by Gasteiger charge is 2.44. The van der Waals surface area contributed by atoms with E-state index in [4.69, 9.17) is 11.5 Å². The molecule has 0 spiro atoms. The van der Waals surface area contributed by atoms with Gasteiger partial charge in [-0.3, -0.25) is 57.5 Å². The average Bonchev–Trinajstić information content (AvgIpc) is 1.56. The van der Waals surface area contributed by atoms with E-state index >= 15 is 0 Å². The number of para-hydroxylation sites is 1. The zero-order valence-corrected chi connectivity index (χ0v) is 60.0. The standard InChI is InChI=1S/C69H112N14O17/c1-35(2)29-47(61(91)76-48(30-36(3)4)62(92)77-49(31-37(5)6)63(93)79-51(69(99)100)33-42-34-72-44-20-14-13-19-43(42)44)75-58(88)45(21-15-16-26-70)74-64(94)52-22-18-28-83(52)68(98)57(41(12)85)81-59(89)46(24-25-54(86)87)73-60(90)50(32-38(7)8)78-66(96)56(39(9)10)80-65(95)53-23-17-27-82(53)67(97)55(71)40(11)84/h13-14,19-20,34-41,45-53,55-57,72,84-85H,15-18,21-33,70-71H2,1-12H3,(H,73,90)(H,74,94)(H,75,88)(H,76,91)(H,77,92)(H,78,96)(H,79,93)(H,80,95)(H,81,89)(H,86,87)(H,99,100)/t40-,41-,45+,46+,47+,48+,49+,50+,51+,52+,53+,55+,56+,57+/m1/s1. The van der Waals surface area contributed by atoms with Crippen molar-refractivity contribution in [2.24, 2.45) is 41.1 Å². The molecule has 2 aliphatic heterocycles. The van der Waals surface area contributed by atoms with Gasteiger partial charge in [0.1, 0.15) is 72.5 Å². The fourth-order valence-corrected chi connectivity index (χ4v) is 12.3. The molecule has 14 atom stereocenters. The normalized spacial score (nSPS) is 18.3. The van der Waals surface area contributed by atoms with E-state index in [1.54, 1.807) is 33.9 Å². The molecule has 2 aliphatic rings. The lowest BCUT2D eigenvalue weighted by Crippen LogP contribution is -2.62. The number of carbonyl (C=O) groups excluding carboxylic acids is 11. The van der Waals surface area contributed by atoms with Gasteiger partial charge in [-0.25, -0.2) is 4.79 Å². The minimum Gasteiger partial charge on any atom is -0.481 e. The van der Waals surface area contributed by atoms with Crippen LogP contribution in [0.25, 0.3) is 10.9 Å². The Kier molecular flexibility index (Phi) is 33.8. The summed E-state index contributed by atoms with van der Waals surface area (Å²) in [4.78, 5) is 186. The van der Waals surface area contributed by atoms with Crippen molar-refractivity contribution in [3.05, 3.63) is 36.0 Å². The van der Waals surface area contributed by atoms with Crippen LogP contribution in [0.3, 0.4) is 0 Å². The molecule has 1 aromatic carbocycles. The minimum atomic E-state index is -1.79. The molecule has 4 rings (SSSR count). The number of nitrogens with one attached hydrogen (secondary N) is 10. The molecule has 18 N–H and O–H groups in total. The van der Waals surface area contributed by atoms with E-state index in [-0.39, 0.29) is 101 Å². The van der Waals surface area contributed by atoms with Gasteiger partial charge in [0.2, 0.25) is 65.0 Å².